The molecule has 1 saturated heterocycles. The van der Waals surface area contributed by atoms with Crippen molar-refractivity contribution >= 4 is 5.95 Å². The van der Waals surface area contributed by atoms with Crippen molar-refractivity contribution in [3.05, 3.63) is 53.9 Å². The standard InChI is InChI=1S/C17H21N3O/c1-13-7-9-18-17(19-13)20-10-8-16(15(11-20)12-21)14-5-3-2-4-6-14/h2-7,9,15-16,21H,8,10-12H2,1H3/t15-,16+/m1/s1. The van der Waals surface area contributed by atoms with Crippen LogP contribution in [-0.4, -0.2) is 34.8 Å². The van der Waals surface area contributed by atoms with E-state index in [1.807, 2.05) is 19.1 Å². The van der Waals surface area contributed by atoms with Crippen LogP contribution in [0, 0.1) is 12.8 Å². The third kappa shape index (κ3) is 3.05. The molecular weight excluding hydrogens is 262 g/mol. The maximum Gasteiger partial charge on any atom is 0.225 e. The molecule has 1 aliphatic heterocycles. The molecule has 3 rings (SSSR count). The fourth-order valence-electron chi connectivity index (χ4n) is 3.13. The Bertz CT molecular complexity index is 588. The molecule has 21 heavy (non-hydrogen) atoms. The third-order valence-corrected chi connectivity index (χ3v) is 4.26. The molecule has 0 aliphatic carbocycles. The lowest BCUT2D eigenvalue weighted by molar-refractivity contribution is 0.189. The van der Waals surface area contributed by atoms with E-state index in [0.29, 0.717) is 5.92 Å². The van der Waals surface area contributed by atoms with E-state index in [4.69, 9.17) is 0 Å². The van der Waals surface area contributed by atoms with Gasteiger partial charge in [0.05, 0.1) is 0 Å². The highest BCUT2D eigenvalue weighted by Gasteiger charge is 2.30. The Labute approximate surface area is 125 Å². The lowest BCUT2D eigenvalue weighted by Gasteiger charge is -2.38. The molecule has 0 amide bonds. The predicted molar refractivity (Wildman–Crippen MR) is 83.4 cm³/mol. The number of aliphatic hydroxyl groups is 1. The summed E-state index contributed by atoms with van der Waals surface area (Å²) in [4.78, 5) is 11.0. The van der Waals surface area contributed by atoms with Gasteiger partial charge in [-0.25, -0.2) is 9.97 Å². The summed E-state index contributed by atoms with van der Waals surface area (Å²) in [5.41, 5.74) is 2.30. The average molecular weight is 283 g/mol. The minimum Gasteiger partial charge on any atom is -0.396 e. The van der Waals surface area contributed by atoms with Gasteiger partial charge in [-0.1, -0.05) is 30.3 Å². The average Bonchev–Trinajstić information content (AvgIpc) is 2.55. The van der Waals surface area contributed by atoms with E-state index in [0.717, 1.165) is 31.2 Å². The molecule has 4 heteroatoms. The number of rotatable bonds is 3. The Hall–Kier alpha value is -1.94. The highest BCUT2D eigenvalue weighted by atomic mass is 16.3. The van der Waals surface area contributed by atoms with Gasteiger partial charge in [-0.15, -0.1) is 0 Å². The topological polar surface area (TPSA) is 49.2 Å². The number of hydrogen-bond acceptors (Lipinski definition) is 4. The minimum atomic E-state index is 0.196. The molecule has 0 saturated carbocycles. The summed E-state index contributed by atoms with van der Waals surface area (Å²) in [6.45, 7) is 3.91. The van der Waals surface area contributed by atoms with Crippen LogP contribution in [0.5, 0.6) is 0 Å². The first-order valence-corrected chi connectivity index (χ1v) is 7.48. The van der Waals surface area contributed by atoms with Crippen molar-refractivity contribution in [2.75, 3.05) is 24.6 Å². The van der Waals surface area contributed by atoms with Crippen molar-refractivity contribution in [3.8, 4) is 0 Å². The molecular formula is C17H21N3O. The van der Waals surface area contributed by atoms with Crippen molar-refractivity contribution in [1.29, 1.82) is 0 Å². The van der Waals surface area contributed by atoms with Crippen LogP contribution in [0.25, 0.3) is 0 Å². The fraction of sp³-hybridized carbons (Fsp3) is 0.412. The zero-order valence-electron chi connectivity index (χ0n) is 12.3. The molecule has 1 aliphatic rings. The van der Waals surface area contributed by atoms with E-state index in [2.05, 4.69) is 39.1 Å². The molecule has 1 N–H and O–H groups in total. The molecule has 0 unspecified atom stereocenters. The second kappa shape index (κ2) is 6.22. The van der Waals surface area contributed by atoms with E-state index in [-0.39, 0.29) is 12.5 Å². The molecule has 1 fully saturated rings. The van der Waals surface area contributed by atoms with Crippen LogP contribution in [0.1, 0.15) is 23.6 Å². The van der Waals surface area contributed by atoms with E-state index >= 15 is 0 Å². The molecule has 110 valence electrons. The summed E-state index contributed by atoms with van der Waals surface area (Å²) in [6, 6.07) is 12.4. The van der Waals surface area contributed by atoms with E-state index in [9.17, 15) is 5.11 Å². The van der Waals surface area contributed by atoms with Gasteiger partial charge in [0.15, 0.2) is 0 Å². The Morgan fingerprint density at radius 3 is 2.76 bits per heavy atom. The van der Waals surface area contributed by atoms with Crippen LogP contribution in [0.15, 0.2) is 42.6 Å². The Kier molecular flexibility index (Phi) is 4.15. The number of aromatic nitrogens is 2. The number of nitrogens with zero attached hydrogens (tertiary/aromatic N) is 3. The molecule has 2 atom stereocenters. The second-order valence-corrected chi connectivity index (χ2v) is 5.69. The van der Waals surface area contributed by atoms with Crippen LogP contribution in [0.4, 0.5) is 5.95 Å². The maximum absolute atomic E-state index is 9.77. The molecule has 1 aromatic carbocycles. The Balaban J connectivity index is 1.78. The molecule has 4 nitrogen and oxygen atoms in total. The first-order chi connectivity index (χ1) is 10.3. The Morgan fingerprint density at radius 2 is 2.05 bits per heavy atom. The minimum absolute atomic E-state index is 0.196. The SMILES string of the molecule is Cc1ccnc(N2CC[C@@H](c3ccccc3)[C@@H](CO)C2)n1. The molecule has 0 bridgehead atoms. The van der Waals surface area contributed by atoms with Crippen molar-refractivity contribution in [1.82, 2.24) is 9.97 Å². The fourth-order valence-corrected chi connectivity index (χ4v) is 3.13. The zero-order valence-corrected chi connectivity index (χ0v) is 12.3. The monoisotopic (exact) mass is 283 g/mol. The first-order valence-electron chi connectivity index (χ1n) is 7.48. The number of piperidine rings is 1. The van der Waals surface area contributed by atoms with Gasteiger partial charge in [0.1, 0.15) is 0 Å². The van der Waals surface area contributed by atoms with E-state index in [1.165, 1.54) is 5.56 Å². The van der Waals surface area contributed by atoms with Gasteiger partial charge in [0.2, 0.25) is 5.95 Å². The van der Waals surface area contributed by atoms with Crippen molar-refractivity contribution in [2.45, 2.75) is 19.3 Å². The number of aliphatic hydroxyl groups excluding tert-OH is 1. The molecule has 0 spiro atoms. The summed E-state index contributed by atoms with van der Waals surface area (Å²) >= 11 is 0. The summed E-state index contributed by atoms with van der Waals surface area (Å²) in [6.07, 6.45) is 2.82. The zero-order chi connectivity index (χ0) is 14.7. The van der Waals surface area contributed by atoms with E-state index < -0.39 is 0 Å². The third-order valence-electron chi connectivity index (χ3n) is 4.26. The van der Waals surface area contributed by atoms with Crippen molar-refractivity contribution in [3.63, 3.8) is 0 Å². The van der Waals surface area contributed by atoms with Crippen LogP contribution in [0.2, 0.25) is 0 Å². The van der Waals surface area contributed by atoms with Crippen molar-refractivity contribution < 1.29 is 5.11 Å². The van der Waals surface area contributed by atoms with E-state index in [1.54, 1.807) is 6.20 Å². The van der Waals surface area contributed by atoms with Gasteiger partial charge < -0.3 is 10.0 Å². The number of anilines is 1. The van der Waals surface area contributed by atoms with Crippen LogP contribution < -0.4 is 4.90 Å². The molecule has 1 aromatic heterocycles. The van der Waals surface area contributed by atoms with Crippen LogP contribution in [-0.2, 0) is 0 Å². The lowest BCUT2D eigenvalue weighted by Crippen LogP contribution is -2.42. The lowest BCUT2D eigenvalue weighted by atomic mass is 9.81. The van der Waals surface area contributed by atoms with Crippen LogP contribution in [0.3, 0.4) is 0 Å². The molecule has 2 aromatic rings. The van der Waals surface area contributed by atoms with Gasteiger partial charge in [-0.2, -0.15) is 0 Å². The largest absolute Gasteiger partial charge is 0.396 e. The van der Waals surface area contributed by atoms with Gasteiger partial charge in [-0.3, -0.25) is 0 Å². The number of hydrogen-bond donors (Lipinski definition) is 1. The molecule has 2 heterocycles. The van der Waals surface area contributed by atoms with Crippen molar-refractivity contribution in [2.24, 2.45) is 5.92 Å². The maximum atomic E-state index is 9.77. The first kappa shape index (κ1) is 14.0. The second-order valence-electron chi connectivity index (χ2n) is 5.69. The number of aryl methyl sites for hydroxylation is 1. The predicted octanol–water partition coefficient (Wildman–Crippen LogP) is 2.39. The summed E-state index contributed by atoms with van der Waals surface area (Å²) in [5.74, 6) is 1.42. The number of benzene rings is 1. The Morgan fingerprint density at radius 1 is 1.24 bits per heavy atom. The summed E-state index contributed by atoms with van der Waals surface area (Å²) < 4.78 is 0. The highest BCUT2D eigenvalue weighted by Crippen LogP contribution is 2.33. The quantitative estimate of drug-likeness (QED) is 0.939. The summed E-state index contributed by atoms with van der Waals surface area (Å²) in [7, 11) is 0. The van der Waals surface area contributed by atoms with Gasteiger partial charge in [0.25, 0.3) is 0 Å². The highest BCUT2D eigenvalue weighted by molar-refractivity contribution is 5.33. The van der Waals surface area contributed by atoms with Crippen LogP contribution >= 0.6 is 0 Å². The van der Waals surface area contributed by atoms with Gasteiger partial charge in [-0.05, 0) is 30.9 Å². The van der Waals surface area contributed by atoms with Gasteiger partial charge in [0, 0.05) is 37.5 Å². The summed E-state index contributed by atoms with van der Waals surface area (Å²) in [5, 5.41) is 9.77. The molecule has 0 radical (unpaired) electrons. The van der Waals surface area contributed by atoms with Gasteiger partial charge >= 0.3 is 0 Å². The smallest absolute Gasteiger partial charge is 0.225 e. The normalized spacial score (nSPS) is 22.3.